The second-order valence-corrected chi connectivity index (χ2v) is 4.73. The second-order valence-electron chi connectivity index (χ2n) is 4.73. The van der Waals surface area contributed by atoms with E-state index in [1.807, 2.05) is 0 Å². The summed E-state index contributed by atoms with van der Waals surface area (Å²) in [5.74, 6) is -0.542. The van der Waals surface area contributed by atoms with Gasteiger partial charge in [0.2, 0.25) is 5.89 Å². The third-order valence-corrected chi connectivity index (χ3v) is 3.03. The first kappa shape index (κ1) is 19.2. The number of rotatable bonds is 3. The van der Waals surface area contributed by atoms with Crippen molar-refractivity contribution in [1.82, 2.24) is 9.99 Å². The first-order valence-electron chi connectivity index (χ1n) is 6.56. The fourth-order valence-electron chi connectivity index (χ4n) is 1.93. The van der Waals surface area contributed by atoms with E-state index in [-0.39, 0.29) is 53.3 Å². The van der Waals surface area contributed by atoms with Crippen molar-refractivity contribution in [2.45, 2.75) is 6.18 Å². The molecule has 124 valence electrons. The fraction of sp³-hybridized carbons (Fsp3) is 0.143. The molecule has 1 aromatic heterocycles. The van der Waals surface area contributed by atoms with Gasteiger partial charge in [-0.1, -0.05) is 12.1 Å². The minimum Gasteiger partial charge on any atom is -0.435 e. The zero-order chi connectivity index (χ0) is 17.3. The van der Waals surface area contributed by atoms with Gasteiger partial charge < -0.3 is 14.7 Å². The van der Waals surface area contributed by atoms with Gasteiger partial charge in [-0.05, 0) is 12.1 Å². The summed E-state index contributed by atoms with van der Waals surface area (Å²) in [5, 5.41) is 7.66. The number of hydrogen-bond acceptors (Lipinski definition) is 5. The monoisotopic (exact) mass is 360 g/mol. The molecule has 0 unspecified atom stereocenters. The molecule has 1 saturated heterocycles. The van der Waals surface area contributed by atoms with Crippen LogP contribution in [0.25, 0.3) is 16.6 Å². The molecule has 11 heteroatoms. The number of hydrogen-bond donors (Lipinski definition) is 0. The van der Waals surface area contributed by atoms with Crippen LogP contribution in [0.4, 0.5) is 18.0 Å². The Labute approximate surface area is 161 Å². The van der Waals surface area contributed by atoms with Gasteiger partial charge in [-0.25, -0.2) is 4.98 Å². The van der Waals surface area contributed by atoms with Crippen LogP contribution in [0, 0.1) is 0 Å². The smallest absolute Gasteiger partial charge is 0.435 e. The Morgan fingerprint density at radius 2 is 2.08 bits per heavy atom. The van der Waals surface area contributed by atoms with Crippen molar-refractivity contribution in [1.29, 1.82) is 0 Å². The number of carbonyl (C=O) groups is 2. The summed E-state index contributed by atoms with van der Waals surface area (Å²) in [6.45, 7) is -0.281. The average Bonchev–Trinajstić information content (AvgIpc) is 3.11. The van der Waals surface area contributed by atoms with E-state index in [1.165, 1.54) is 18.3 Å². The number of halogens is 3. The molecule has 0 saturated carbocycles. The van der Waals surface area contributed by atoms with Crippen molar-refractivity contribution in [3.63, 3.8) is 0 Å². The summed E-state index contributed by atoms with van der Waals surface area (Å²) in [7, 11) is 0. The molecule has 7 nitrogen and oxygen atoms in total. The number of urea groups is 1. The third-order valence-electron chi connectivity index (χ3n) is 3.03. The number of nitrogens with zero attached hydrogens (tertiary/aromatic N) is 4. The number of amides is 3. The normalized spacial score (nSPS) is 14.8. The molecule has 2 heterocycles. The average molecular weight is 360 g/mol. The molecule has 0 atom stereocenters. The molecule has 1 aliphatic rings. The van der Waals surface area contributed by atoms with E-state index in [0.717, 1.165) is 23.4 Å². The Hall–Kier alpha value is -2.17. The van der Waals surface area contributed by atoms with Crippen molar-refractivity contribution in [2.75, 3.05) is 6.54 Å². The molecule has 3 amide bonds. The van der Waals surface area contributed by atoms with E-state index < -0.39 is 23.7 Å². The Kier molecular flexibility index (Phi) is 5.65. The van der Waals surface area contributed by atoms with E-state index >= 15 is 0 Å². The van der Waals surface area contributed by atoms with Crippen molar-refractivity contribution >= 4 is 18.2 Å². The van der Waals surface area contributed by atoms with Gasteiger partial charge >= 0.3 is 35.7 Å². The molecule has 0 aliphatic carbocycles. The molecule has 2 aromatic rings. The number of imide groups is 1. The molecule has 25 heavy (non-hydrogen) atoms. The maximum atomic E-state index is 12.7. The van der Waals surface area contributed by atoms with Gasteiger partial charge in [0.1, 0.15) is 0 Å². The van der Waals surface area contributed by atoms with Gasteiger partial charge in [0.25, 0.3) is 0 Å². The molecular formula is C14H8F3N4NaO3. The number of oxazole rings is 1. The number of carbonyl (C=O) groups excluding carboxylic acids is 2. The van der Waals surface area contributed by atoms with Crippen LogP contribution in [0.2, 0.25) is 0 Å². The molecule has 0 N–H and O–H groups in total. The molecule has 3 rings (SSSR count). The zero-order valence-electron chi connectivity index (χ0n) is 12.8. The van der Waals surface area contributed by atoms with Gasteiger partial charge in [-0.2, -0.15) is 13.2 Å². The first-order chi connectivity index (χ1) is 11.3. The molecule has 1 aliphatic heterocycles. The van der Waals surface area contributed by atoms with E-state index in [1.54, 1.807) is 0 Å². The van der Waals surface area contributed by atoms with Gasteiger partial charge in [0.05, 0.1) is 18.0 Å². The van der Waals surface area contributed by atoms with Crippen LogP contribution in [-0.2, 0) is 11.0 Å². The van der Waals surface area contributed by atoms with E-state index in [9.17, 15) is 22.8 Å². The minimum absolute atomic E-state index is 0. The van der Waals surface area contributed by atoms with Gasteiger partial charge in [0, 0.05) is 12.1 Å². The van der Waals surface area contributed by atoms with Crippen LogP contribution in [-0.4, -0.2) is 34.7 Å². The quantitative estimate of drug-likeness (QED) is 0.439. The van der Waals surface area contributed by atoms with Crippen LogP contribution in [0.3, 0.4) is 0 Å². The Bertz CT molecular complexity index is 835. The van der Waals surface area contributed by atoms with Crippen LogP contribution in [0.5, 0.6) is 0 Å². The van der Waals surface area contributed by atoms with E-state index in [4.69, 9.17) is 4.42 Å². The van der Waals surface area contributed by atoms with Gasteiger partial charge in [-0.3, -0.25) is 14.7 Å². The Morgan fingerprint density at radius 3 is 2.72 bits per heavy atom. The minimum atomic E-state index is -4.47. The molecule has 1 fully saturated rings. The summed E-state index contributed by atoms with van der Waals surface area (Å²) >= 11 is 0. The van der Waals surface area contributed by atoms with Crippen LogP contribution >= 0.6 is 0 Å². The number of benzene rings is 1. The van der Waals surface area contributed by atoms with Gasteiger partial charge in [0.15, 0.2) is 17.7 Å². The summed E-state index contributed by atoms with van der Waals surface area (Å²) in [5.41, 5.74) is -0.617. The predicted octanol–water partition coefficient (Wildman–Crippen LogP) is 0.0342. The SMILES string of the molecule is O=C1CN(/N=C/c2ncc(-c3cccc(C(F)(F)F)c3)o2)C(=O)[N-]1.[Na+]. The summed E-state index contributed by atoms with van der Waals surface area (Å²) < 4.78 is 43.4. The second kappa shape index (κ2) is 7.38. The van der Waals surface area contributed by atoms with Crippen molar-refractivity contribution < 1.29 is 56.7 Å². The van der Waals surface area contributed by atoms with Crippen molar-refractivity contribution in [2.24, 2.45) is 5.10 Å². The number of alkyl halides is 3. The van der Waals surface area contributed by atoms with Crippen molar-refractivity contribution in [3.05, 3.63) is 47.2 Å². The number of hydrazone groups is 1. The molecular weight excluding hydrogens is 352 g/mol. The fourth-order valence-corrected chi connectivity index (χ4v) is 1.93. The topological polar surface area (TPSA) is 89.9 Å². The predicted molar refractivity (Wildman–Crippen MR) is 75.0 cm³/mol. The molecule has 0 bridgehead atoms. The number of aromatic nitrogens is 1. The van der Waals surface area contributed by atoms with Crippen molar-refractivity contribution in [3.8, 4) is 11.3 Å². The molecule has 1 aromatic carbocycles. The summed E-state index contributed by atoms with van der Waals surface area (Å²) in [6, 6.07) is 3.77. The van der Waals surface area contributed by atoms with Gasteiger partial charge in [-0.15, -0.1) is 0 Å². The van der Waals surface area contributed by atoms with Crippen LogP contribution in [0.15, 0.2) is 40.0 Å². The van der Waals surface area contributed by atoms with E-state index in [0.29, 0.717) is 0 Å². The summed E-state index contributed by atoms with van der Waals surface area (Å²) in [6.07, 6.45) is -2.16. The Morgan fingerprint density at radius 1 is 1.32 bits per heavy atom. The third kappa shape index (κ3) is 4.47. The maximum absolute atomic E-state index is 12.7. The molecule has 0 radical (unpaired) electrons. The first-order valence-corrected chi connectivity index (χ1v) is 6.56. The molecule has 0 spiro atoms. The standard InChI is InChI=1S/C14H9F3N4O3.Na/c15-14(16,17)9-3-1-2-8(4-9)10-5-18-12(24-10)6-19-21-7-11(22)20-13(21)23;/h1-6H,7H2,(H,20,22,23);/q;+1/p-1/b19-6+;. The maximum Gasteiger partial charge on any atom is 1.00 e. The Balaban J connectivity index is 0.00000225. The largest absolute Gasteiger partial charge is 1.00 e. The summed E-state index contributed by atoms with van der Waals surface area (Å²) in [4.78, 5) is 26.0. The van der Waals surface area contributed by atoms with Crippen LogP contribution in [0.1, 0.15) is 11.5 Å². The van der Waals surface area contributed by atoms with Crippen LogP contribution < -0.4 is 29.6 Å². The van der Waals surface area contributed by atoms with E-state index in [2.05, 4.69) is 15.4 Å². The zero-order valence-corrected chi connectivity index (χ0v) is 14.8.